The van der Waals surface area contributed by atoms with Crippen LogP contribution in [0.25, 0.3) is 0 Å². The summed E-state index contributed by atoms with van der Waals surface area (Å²) in [5, 5.41) is 2.91. The van der Waals surface area contributed by atoms with Gasteiger partial charge >= 0.3 is 0 Å². The van der Waals surface area contributed by atoms with Crippen LogP contribution in [0, 0.1) is 6.07 Å². The Morgan fingerprint density at radius 3 is 2.76 bits per heavy atom. The molecule has 0 bridgehead atoms. The van der Waals surface area contributed by atoms with Crippen LogP contribution in [0.5, 0.6) is 0 Å². The summed E-state index contributed by atoms with van der Waals surface area (Å²) in [6.45, 7) is 5.06. The average molecular weight is 233 g/mol. The highest BCUT2D eigenvalue weighted by atomic mass is 16.5. The molecule has 1 radical (unpaired) electrons. The largest absolute Gasteiger partial charge is 0.379 e. The van der Waals surface area contributed by atoms with Crippen LogP contribution >= 0.6 is 0 Å². The summed E-state index contributed by atoms with van der Waals surface area (Å²) in [6, 6.07) is 9.92. The molecule has 1 saturated heterocycles. The van der Waals surface area contributed by atoms with Crippen molar-refractivity contribution < 1.29 is 9.53 Å². The first-order valence-electron chi connectivity index (χ1n) is 5.91. The van der Waals surface area contributed by atoms with Gasteiger partial charge in [0.1, 0.15) is 0 Å². The lowest BCUT2D eigenvalue weighted by atomic mass is 10.2. The number of rotatable bonds is 4. The molecule has 0 spiro atoms. The zero-order valence-electron chi connectivity index (χ0n) is 9.82. The van der Waals surface area contributed by atoms with E-state index in [1.807, 2.05) is 0 Å². The fourth-order valence-electron chi connectivity index (χ4n) is 1.79. The van der Waals surface area contributed by atoms with E-state index < -0.39 is 0 Å². The van der Waals surface area contributed by atoms with Gasteiger partial charge in [0.05, 0.1) is 13.2 Å². The van der Waals surface area contributed by atoms with Gasteiger partial charge in [0.15, 0.2) is 0 Å². The maximum atomic E-state index is 11.7. The van der Waals surface area contributed by atoms with Gasteiger partial charge < -0.3 is 10.1 Å². The zero-order valence-corrected chi connectivity index (χ0v) is 9.82. The van der Waals surface area contributed by atoms with Gasteiger partial charge in [-0.2, -0.15) is 0 Å². The van der Waals surface area contributed by atoms with Gasteiger partial charge in [-0.3, -0.25) is 9.69 Å². The molecular weight excluding hydrogens is 216 g/mol. The third-order valence-corrected chi connectivity index (χ3v) is 2.80. The van der Waals surface area contributed by atoms with Crippen LogP contribution in [-0.4, -0.2) is 50.2 Å². The summed E-state index contributed by atoms with van der Waals surface area (Å²) >= 11 is 0. The molecule has 1 heterocycles. The molecule has 1 aromatic carbocycles. The van der Waals surface area contributed by atoms with Gasteiger partial charge in [-0.15, -0.1) is 0 Å². The molecule has 1 N–H and O–H groups in total. The highest BCUT2D eigenvalue weighted by Crippen LogP contribution is 1.98. The van der Waals surface area contributed by atoms with Crippen molar-refractivity contribution in [3.63, 3.8) is 0 Å². The molecule has 0 saturated carbocycles. The van der Waals surface area contributed by atoms with Crippen LogP contribution in [0.3, 0.4) is 0 Å². The second kappa shape index (κ2) is 6.37. The van der Waals surface area contributed by atoms with Crippen molar-refractivity contribution in [2.24, 2.45) is 0 Å². The summed E-state index contributed by atoms with van der Waals surface area (Å²) in [5.41, 5.74) is 0.686. The lowest BCUT2D eigenvalue weighted by molar-refractivity contribution is 0.0383. The van der Waals surface area contributed by atoms with Crippen molar-refractivity contribution in [3.05, 3.63) is 35.9 Å². The molecule has 1 aliphatic heterocycles. The molecule has 0 unspecified atom stereocenters. The predicted octanol–water partition coefficient (Wildman–Crippen LogP) is 0.549. The first-order chi connectivity index (χ1) is 8.36. The second-order valence-electron chi connectivity index (χ2n) is 4.00. The van der Waals surface area contributed by atoms with Gasteiger partial charge in [0.25, 0.3) is 5.91 Å². The van der Waals surface area contributed by atoms with E-state index in [0.717, 1.165) is 32.8 Å². The number of morpholine rings is 1. The molecule has 2 rings (SSSR count). The summed E-state index contributed by atoms with van der Waals surface area (Å²) in [6.07, 6.45) is 0. The van der Waals surface area contributed by atoms with E-state index in [-0.39, 0.29) is 5.91 Å². The van der Waals surface area contributed by atoms with Crippen molar-refractivity contribution in [1.29, 1.82) is 0 Å². The molecular formula is C13H17N2O2. The number of ether oxygens (including phenoxy) is 1. The molecule has 17 heavy (non-hydrogen) atoms. The molecule has 0 aromatic heterocycles. The number of carbonyl (C=O) groups is 1. The van der Waals surface area contributed by atoms with E-state index in [2.05, 4.69) is 16.3 Å². The SMILES string of the molecule is O=C(NCCN1CCOCC1)c1cc[c]cc1. The van der Waals surface area contributed by atoms with E-state index in [1.54, 1.807) is 24.3 Å². The fourth-order valence-corrected chi connectivity index (χ4v) is 1.79. The zero-order chi connectivity index (χ0) is 11.9. The maximum Gasteiger partial charge on any atom is 0.251 e. The van der Waals surface area contributed by atoms with E-state index >= 15 is 0 Å². The molecule has 91 valence electrons. The van der Waals surface area contributed by atoms with Crippen LogP contribution in [0.2, 0.25) is 0 Å². The van der Waals surface area contributed by atoms with E-state index in [1.165, 1.54) is 0 Å². The number of amides is 1. The molecule has 4 nitrogen and oxygen atoms in total. The Bertz CT molecular complexity index is 348. The topological polar surface area (TPSA) is 41.6 Å². The minimum absolute atomic E-state index is 0.0211. The monoisotopic (exact) mass is 233 g/mol. The van der Waals surface area contributed by atoms with Crippen molar-refractivity contribution in [2.45, 2.75) is 0 Å². The first-order valence-corrected chi connectivity index (χ1v) is 5.91. The lowest BCUT2D eigenvalue weighted by Gasteiger charge is -2.26. The lowest BCUT2D eigenvalue weighted by Crippen LogP contribution is -2.41. The minimum Gasteiger partial charge on any atom is -0.379 e. The van der Waals surface area contributed by atoms with Crippen molar-refractivity contribution in [2.75, 3.05) is 39.4 Å². The van der Waals surface area contributed by atoms with Crippen LogP contribution in [0.4, 0.5) is 0 Å². The third kappa shape index (κ3) is 3.84. The minimum atomic E-state index is -0.0211. The van der Waals surface area contributed by atoms with Crippen LogP contribution in [0.15, 0.2) is 24.3 Å². The van der Waals surface area contributed by atoms with E-state index in [0.29, 0.717) is 12.1 Å². The van der Waals surface area contributed by atoms with Crippen molar-refractivity contribution >= 4 is 5.91 Å². The summed E-state index contributed by atoms with van der Waals surface area (Å²) in [4.78, 5) is 14.0. The highest BCUT2D eigenvalue weighted by molar-refractivity contribution is 5.94. The van der Waals surface area contributed by atoms with Gasteiger partial charge in [0, 0.05) is 31.7 Å². The fraction of sp³-hybridized carbons (Fsp3) is 0.462. The number of hydrogen-bond acceptors (Lipinski definition) is 3. The molecule has 1 fully saturated rings. The summed E-state index contributed by atoms with van der Waals surface area (Å²) in [7, 11) is 0. The number of carbonyl (C=O) groups excluding carboxylic acids is 1. The summed E-state index contributed by atoms with van der Waals surface area (Å²) < 4.78 is 5.26. The Kier molecular flexibility index (Phi) is 4.53. The van der Waals surface area contributed by atoms with E-state index in [4.69, 9.17) is 4.74 Å². The van der Waals surface area contributed by atoms with E-state index in [9.17, 15) is 4.79 Å². The normalized spacial score (nSPS) is 16.7. The van der Waals surface area contributed by atoms with Crippen LogP contribution in [-0.2, 0) is 4.74 Å². The Morgan fingerprint density at radius 2 is 2.06 bits per heavy atom. The Labute approximate surface area is 102 Å². The number of nitrogens with one attached hydrogen (secondary N) is 1. The Morgan fingerprint density at radius 1 is 1.35 bits per heavy atom. The molecule has 0 aliphatic carbocycles. The first kappa shape index (κ1) is 12.1. The van der Waals surface area contributed by atoms with Crippen LogP contribution in [0.1, 0.15) is 10.4 Å². The second-order valence-corrected chi connectivity index (χ2v) is 4.00. The number of nitrogens with zero attached hydrogens (tertiary/aromatic N) is 1. The van der Waals surface area contributed by atoms with Crippen molar-refractivity contribution in [3.8, 4) is 0 Å². The van der Waals surface area contributed by atoms with Gasteiger partial charge in [-0.25, -0.2) is 0 Å². The standard InChI is InChI=1S/C13H17N2O2/c16-13(12-4-2-1-3-5-12)14-6-7-15-8-10-17-11-9-15/h2-5H,6-11H2,(H,14,16). The number of hydrogen-bond donors (Lipinski definition) is 1. The van der Waals surface area contributed by atoms with Crippen molar-refractivity contribution in [1.82, 2.24) is 10.2 Å². The maximum absolute atomic E-state index is 11.7. The predicted molar refractivity (Wildman–Crippen MR) is 64.9 cm³/mol. The molecule has 1 amide bonds. The summed E-state index contributed by atoms with van der Waals surface area (Å²) in [5.74, 6) is -0.0211. The smallest absolute Gasteiger partial charge is 0.251 e. The molecule has 4 heteroatoms. The Hall–Kier alpha value is -1.39. The highest BCUT2D eigenvalue weighted by Gasteiger charge is 2.10. The quantitative estimate of drug-likeness (QED) is 0.825. The van der Waals surface area contributed by atoms with Gasteiger partial charge in [-0.1, -0.05) is 12.1 Å². The average Bonchev–Trinajstić information content (AvgIpc) is 2.41. The molecule has 0 atom stereocenters. The van der Waals surface area contributed by atoms with Gasteiger partial charge in [-0.05, 0) is 18.2 Å². The number of benzene rings is 1. The molecule has 1 aromatic rings. The van der Waals surface area contributed by atoms with Gasteiger partial charge in [0.2, 0.25) is 0 Å². The Balaban J connectivity index is 1.69. The molecule has 1 aliphatic rings. The van der Waals surface area contributed by atoms with Crippen LogP contribution < -0.4 is 5.32 Å². The third-order valence-electron chi connectivity index (χ3n) is 2.80.